The Kier molecular flexibility index (Phi) is 251. The van der Waals surface area contributed by atoms with E-state index in [9.17, 15) is 0 Å². The molecule has 0 bridgehead atoms. The molecule has 0 saturated carbocycles. The molecule has 0 heterocycles. The maximum atomic E-state index is 7.50. The summed E-state index contributed by atoms with van der Waals surface area (Å²) in [5.41, 5.74) is 1.21. The molecule has 1 radical (unpaired) electrons. The van der Waals surface area contributed by atoms with Crippen LogP contribution in [0.2, 0.25) is 0 Å². The molecule has 0 aromatic heterocycles. The average molecular weight is 293 g/mol. The van der Waals surface area contributed by atoms with Crippen molar-refractivity contribution < 1.29 is 40.3 Å². The molecule has 7 heteroatoms. The Balaban J connectivity index is -0.0000000189. The molecule has 0 fully saturated rings. The van der Waals surface area contributed by atoms with Crippen LogP contribution in [0.15, 0.2) is 5.57 Å². The van der Waals surface area contributed by atoms with Gasteiger partial charge in [-0.25, -0.2) is 5.57 Å². The molecule has 0 rings (SSSR count). The van der Waals surface area contributed by atoms with Gasteiger partial charge in [-0.1, -0.05) is 13.8 Å². The second-order valence-corrected chi connectivity index (χ2v) is 2.01. The van der Waals surface area contributed by atoms with Crippen molar-refractivity contribution in [3.63, 3.8) is 0 Å². The Hall–Kier alpha value is -1.24. The fourth-order valence-corrected chi connectivity index (χ4v) is 0.447. The zero-order valence-corrected chi connectivity index (χ0v) is 11.5. The van der Waals surface area contributed by atoms with Crippen LogP contribution in [-0.2, 0) is 40.3 Å². The monoisotopic (exact) mass is 293 g/mol. The molecule has 0 unspecified atom stereocenters. The van der Waals surface area contributed by atoms with Crippen molar-refractivity contribution >= 4 is 0 Å². The first kappa shape index (κ1) is 43.7. The summed E-state index contributed by atoms with van der Waals surface area (Å²) in [5.74, 6) is 0. The van der Waals surface area contributed by atoms with E-state index in [4.69, 9.17) is 23.3 Å². The van der Waals surface area contributed by atoms with Crippen molar-refractivity contribution in [2.45, 2.75) is 13.8 Å². The fraction of sp³-hybridized carbons (Fsp3) is 0.364. The van der Waals surface area contributed by atoms with Crippen molar-refractivity contribution in [3.05, 3.63) is 45.0 Å². The average Bonchev–Trinajstić information content (AvgIpc) is 2.40. The van der Waals surface area contributed by atoms with Gasteiger partial charge in [0.1, 0.15) is 0 Å². The Bertz CT molecular complexity index is 199. The van der Waals surface area contributed by atoms with Gasteiger partial charge in [-0.05, 0) is 14.1 Å². The molecule has 0 spiro atoms. The molecule has 0 amide bonds. The minimum atomic E-state index is 0. The third-order valence-electron chi connectivity index (χ3n) is 0.447. The zero-order valence-electron chi connectivity index (χ0n) is 10.4. The Morgan fingerprint density at radius 3 is 0.889 bits per heavy atom. The Labute approximate surface area is 118 Å². The first-order valence-electron chi connectivity index (χ1n) is 3.39. The van der Waals surface area contributed by atoms with Crippen LogP contribution in [0.3, 0.4) is 0 Å². The van der Waals surface area contributed by atoms with Crippen LogP contribution >= 0.6 is 0 Å². The van der Waals surface area contributed by atoms with Gasteiger partial charge < -0.3 is 11.1 Å². The molecule has 0 aliphatic rings. The van der Waals surface area contributed by atoms with E-state index < -0.39 is 0 Å². The predicted octanol–water partition coefficient (Wildman–Crippen LogP) is 1.08. The van der Waals surface area contributed by atoms with E-state index in [2.05, 4.69) is 39.5 Å². The summed E-state index contributed by atoms with van der Waals surface area (Å²) in [6.07, 6.45) is 3.06. The molecule has 99 valence electrons. The summed E-state index contributed by atoms with van der Waals surface area (Å²) < 4.78 is 37.5. The smallest absolute Gasteiger partial charge is 0 e. The van der Waals surface area contributed by atoms with Crippen molar-refractivity contribution in [1.82, 2.24) is 4.90 Å². The number of hydrogen-bond acceptors (Lipinski definition) is 1. The van der Waals surface area contributed by atoms with Gasteiger partial charge in [0.15, 0.2) is 0 Å². The molecule has 0 atom stereocenters. The number of hydrogen-bond donors (Lipinski definition) is 0. The van der Waals surface area contributed by atoms with E-state index in [-0.39, 0.29) is 17.1 Å². The quantitative estimate of drug-likeness (QED) is 0.307. The molecule has 0 aromatic rings. The maximum Gasteiger partial charge on any atom is 0 e. The van der Waals surface area contributed by atoms with Crippen LogP contribution in [-0.4, -0.2) is 19.0 Å². The van der Waals surface area contributed by atoms with E-state index in [1.165, 1.54) is 5.57 Å². The van der Waals surface area contributed by atoms with Gasteiger partial charge in [0.05, 0.1) is 0 Å². The number of allylic oxidation sites excluding steroid dienone is 1. The summed E-state index contributed by atoms with van der Waals surface area (Å²) >= 11 is 0. The number of rotatable bonds is 1. The summed E-state index contributed by atoms with van der Waals surface area (Å²) in [7, 11) is 3.93. The van der Waals surface area contributed by atoms with Crippen LogP contribution in [0.5, 0.6) is 0 Å². The molecule has 0 N–H and O–H groups in total. The van der Waals surface area contributed by atoms with Gasteiger partial charge in [0.25, 0.3) is 0 Å². The van der Waals surface area contributed by atoms with Gasteiger partial charge in [-0.2, -0.15) is 0 Å². The summed E-state index contributed by atoms with van der Waals surface area (Å²) in [5, 5.41) is 0. The zero-order chi connectivity index (χ0) is 15.9. The molecule has 0 aliphatic carbocycles. The van der Waals surface area contributed by atoms with Crippen molar-refractivity contribution in [1.29, 1.82) is 0 Å². The minimum absolute atomic E-state index is 0. The molecule has 0 aromatic carbocycles. The van der Waals surface area contributed by atoms with Crippen molar-refractivity contribution in [2.24, 2.45) is 0 Å². The summed E-state index contributed by atoms with van der Waals surface area (Å²) in [6.45, 7) is 26.6. The molecule has 6 nitrogen and oxygen atoms in total. The second kappa shape index (κ2) is 103. The van der Waals surface area contributed by atoms with Crippen LogP contribution < -0.4 is 0 Å². The largest absolute Gasteiger partial charge is 0 e. The predicted molar refractivity (Wildman–Crippen MR) is 51.4 cm³/mol. The van der Waals surface area contributed by atoms with Crippen LogP contribution in [0.1, 0.15) is 13.8 Å². The molecular weight excluding hydrogens is 281 g/mol. The van der Waals surface area contributed by atoms with E-state index in [0.717, 1.165) is 0 Å². The van der Waals surface area contributed by atoms with Crippen molar-refractivity contribution in [3.8, 4) is 0 Å². The molecule has 0 aliphatic heterocycles. The SMILES string of the molecule is CC(C)=[C-]N(C)C.[C-]#[O+].[C-]#[O+].[C-]#[O+].[C-]#[O+].[C-]#[O+].[Mn]. The molecule has 18 heavy (non-hydrogen) atoms. The second-order valence-electron chi connectivity index (χ2n) is 2.01. The maximum absolute atomic E-state index is 7.50. The van der Waals surface area contributed by atoms with E-state index in [0.29, 0.717) is 0 Å². The minimum Gasteiger partial charge on any atom is 0 e. The fourth-order valence-electron chi connectivity index (χ4n) is 0.447. The standard InChI is InChI=1S/C6H12N.5CO.Mn/c1-6(2)5-7(3)4;5*1-2;/h1-4H3;;;;;;/q-1;;;;;;. The topological polar surface area (TPSA) is 103 Å². The molecule has 0 saturated heterocycles. The normalized spacial score (nSPS) is 3.67. The number of nitrogens with zero attached hydrogens (tertiary/aromatic N) is 1. The Morgan fingerprint density at radius 2 is 0.889 bits per heavy atom. The Morgan fingerprint density at radius 1 is 0.722 bits per heavy atom. The van der Waals surface area contributed by atoms with Gasteiger partial charge in [0, 0.05) is 17.1 Å². The van der Waals surface area contributed by atoms with Crippen LogP contribution in [0.25, 0.3) is 0 Å². The van der Waals surface area contributed by atoms with Crippen LogP contribution in [0, 0.1) is 39.5 Å². The third kappa shape index (κ3) is 367. The molecular formula is C11H12MnNO5-. The van der Waals surface area contributed by atoms with E-state index in [1.54, 1.807) is 0 Å². The van der Waals surface area contributed by atoms with E-state index >= 15 is 0 Å². The van der Waals surface area contributed by atoms with Gasteiger partial charge in [-0.15, -0.1) is 0 Å². The summed E-state index contributed by atoms with van der Waals surface area (Å²) in [4.78, 5) is 1.91. The van der Waals surface area contributed by atoms with Gasteiger partial charge >= 0.3 is 56.5 Å². The summed E-state index contributed by atoms with van der Waals surface area (Å²) in [6, 6.07) is 0. The third-order valence-corrected chi connectivity index (χ3v) is 0.447. The van der Waals surface area contributed by atoms with Gasteiger partial charge in [0.2, 0.25) is 0 Å². The van der Waals surface area contributed by atoms with E-state index in [1.807, 2.05) is 32.8 Å². The van der Waals surface area contributed by atoms with Gasteiger partial charge in [-0.3, -0.25) is 0 Å². The van der Waals surface area contributed by atoms with Crippen molar-refractivity contribution in [2.75, 3.05) is 14.1 Å². The first-order valence-corrected chi connectivity index (χ1v) is 3.39. The van der Waals surface area contributed by atoms with Crippen LogP contribution in [0.4, 0.5) is 0 Å². The first-order chi connectivity index (χ1) is 8.13.